The van der Waals surface area contributed by atoms with Gasteiger partial charge in [0.1, 0.15) is 16.7 Å². The van der Waals surface area contributed by atoms with Gasteiger partial charge in [-0.05, 0) is 60.5 Å². The van der Waals surface area contributed by atoms with E-state index >= 15 is 0 Å². The van der Waals surface area contributed by atoms with E-state index in [1.54, 1.807) is 86.1 Å². The Labute approximate surface area is 252 Å². The summed E-state index contributed by atoms with van der Waals surface area (Å²) in [6.45, 7) is 1.75. The summed E-state index contributed by atoms with van der Waals surface area (Å²) in [6.07, 6.45) is 4.77. The number of anilines is 2. The number of nitrogens with one attached hydrogen (secondary N) is 3. The molecule has 10 heteroatoms. The van der Waals surface area contributed by atoms with Crippen molar-refractivity contribution in [1.82, 2.24) is 15.5 Å². The zero-order valence-electron chi connectivity index (χ0n) is 23.1. The monoisotopic (exact) mass is 589 g/mol. The Hall–Kier alpha value is -5.48. The normalized spacial score (nSPS) is 11.8. The van der Waals surface area contributed by atoms with Gasteiger partial charge < -0.3 is 20.5 Å². The largest absolute Gasteiger partial charge is 0.360 e. The maximum Gasteiger partial charge on any atom is 0.272 e. The lowest BCUT2D eigenvalue weighted by Crippen LogP contribution is -2.30. The van der Waals surface area contributed by atoms with Crippen LogP contribution < -0.4 is 16.0 Å². The Kier molecular flexibility index (Phi) is 9.40. The molecule has 3 N–H and O–H groups in total. The zero-order valence-corrected chi connectivity index (χ0v) is 23.9. The van der Waals surface area contributed by atoms with Crippen molar-refractivity contribution >= 4 is 47.1 Å². The van der Waals surface area contributed by atoms with Gasteiger partial charge in [-0.25, -0.2) is 0 Å². The van der Waals surface area contributed by atoms with E-state index in [9.17, 15) is 14.4 Å². The van der Waals surface area contributed by atoms with E-state index in [4.69, 9.17) is 4.52 Å². The topological polar surface area (TPSA) is 126 Å². The van der Waals surface area contributed by atoms with Crippen LogP contribution in [-0.2, 0) is 9.59 Å². The maximum atomic E-state index is 13.5. The van der Waals surface area contributed by atoms with Gasteiger partial charge in [0.15, 0.2) is 5.82 Å². The smallest absolute Gasteiger partial charge is 0.272 e. The minimum atomic E-state index is -0.615. The second kappa shape index (κ2) is 13.9. The molecule has 1 unspecified atom stereocenters. The molecule has 2 heterocycles. The number of carbonyl (C=O) groups excluding carboxylic acids is 3. The molecule has 0 aliphatic heterocycles. The van der Waals surface area contributed by atoms with E-state index in [1.165, 1.54) is 11.8 Å². The average molecular weight is 590 g/mol. The van der Waals surface area contributed by atoms with Crippen LogP contribution in [0.4, 0.5) is 11.5 Å². The van der Waals surface area contributed by atoms with Crippen molar-refractivity contribution in [3.8, 4) is 0 Å². The molecule has 0 aliphatic carbocycles. The second-order valence-corrected chi connectivity index (χ2v) is 10.5. The first-order valence-corrected chi connectivity index (χ1v) is 14.2. The van der Waals surface area contributed by atoms with Gasteiger partial charge in [0.25, 0.3) is 11.8 Å². The summed E-state index contributed by atoms with van der Waals surface area (Å²) in [5.74, 6) is -0.303. The van der Waals surface area contributed by atoms with Crippen LogP contribution in [0.15, 0.2) is 131 Å². The summed E-state index contributed by atoms with van der Waals surface area (Å²) in [7, 11) is 0. The van der Waals surface area contributed by atoms with Crippen LogP contribution in [0.1, 0.15) is 32.5 Å². The lowest BCUT2D eigenvalue weighted by Gasteiger charge is -2.17. The summed E-state index contributed by atoms with van der Waals surface area (Å²) < 4.78 is 5.08. The fourth-order valence-electron chi connectivity index (χ4n) is 4.07. The summed E-state index contributed by atoms with van der Waals surface area (Å²) in [4.78, 5) is 44.5. The SMILES string of the molecule is Cc1cc(NC(=O)C(Sc2cccc(NC(=O)/C(=C/c3cccnc3)NC(=O)c3ccccc3)c2)c2ccccc2)no1. The number of pyridine rings is 1. The molecule has 5 aromatic rings. The van der Waals surface area contributed by atoms with Crippen LogP contribution in [0.5, 0.6) is 0 Å². The molecule has 3 aromatic carbocycles. The maximum absolute atomic E-state index is 13.5. The van der Waals surface area contributed by atoms with Crippen LogP contribution in [0.2, 0.25) is 0 Å². The first kappa shape index (κ1) is 29.0. The Bertz CT molecular complexity index is 1740. The first-order valence-electron chi connectivity index (χ1n) is 13.3. The minimum Gasteiger partial charge on any atom is -0.360 e. The number of rotatable bonds is 10. The number of aromatic nitrogens is 2. The number of amides is 3. The van der Waals surface area contributed by atoms with E-state index in [0.29, 0.717) is 28.4 Å². The van der Waals surface area contributed by atoms with Gasteiger partial charge in [0.2, 0.25) is 5.91 Å². The molecule has 9 nitrogen and oxygen atoms in total. The molecule has 2 aromatic heterocycles. The van der Waals surface area contributed by atoms with Crippen molar-refractivity contribution in [2.24, 2.45) is 0 Å². The van der Waals surface area contributed by atoms with E-state index in [-0.39, 0.29) is 11.6 Å². The highest BCUT2D eigenvalue weighted by molar-refractivity contribution is 8.00. The summed E-state index contributed by atoms with van der Waals surface area (Å²) in [5.41, 5.74) is 2.39. The quantitative estimate of drug-likeness (QED) is 0.130. The number of hydrogen-bond acceptors (Lipinski definition) is 7. The van der Waals surface area contributed by atoms with Crippen molar-refractivity contribution in [1.29, 1.82) is 0 Å². The van der Waals surface area contributed by atoms with Crippen molar-refractivity contribution in [3.05, 3.63) is 144 Å². The molecule has 1 atom stereocenters. The molecule has 3 amide bonds. The molecule has 214 valence electrons. The van der Waals surface area contributed by atoms with E-state index in [1.807, 2.05) is 42.5 Å². The fourth-order valence-corrected chi connectivity index (χ4v) is 5.15. The van der Waals surface area contributed by atoms with Crippen LogP contribution in [-0.4, -0.2) is 27.9 Å². The molecular formula is C33H27N5O4S. The Morgan fingerprint density at radius 1 is 0.860 bits per heavy atom. The lowest BCUT2D eigenvalue weighted by molar-refractivity contribution is -0.116. The van der Waals surface area contributed by atoms with E-state index in [2.05, 4.69) is 26.1 Å². The number of hydrogen-bond donors (Lipinski definition) is 3. The van der Waals surface area contributed by atoms with Crippen molar-refractivity contribution in [2.45, 2.75) is 17.1 Å². The van der Waals surface area contributed by atoms with Gasteiger partial charge in [0.05, 0.1) is 0 Å². The summed E-state index contributed by atoms with van der Waals surface area (Å²) in [5, 5.41) is 11.7. The van der Waals surface area contributed by atoms with Gasteiger partial charge >= 0.3 is 0 Å². The third kappa shape index (κ3) is 8.05. The fraction of sp³-hybridized carbons (Fsp3) is 0.0606. The molecule has 5 rings (SSSR count). The zero-order chi connectivity index (χ0) is 30.0. The predicted molar refractivity (Wildman–Crippen MR) is 166 cm³/mol. The molecule has 0 spiro atoms. The molecule has 0 saturated carbocycles. The highest BCUT2D eigenvalue weighted by Crippen LogP contribution is 2.37. The van der Waals surface area contributed by atoms with Crippen molar-refractivity contribution < 1.29 is 18.9 Å². The molecular weight excluding hydrogens is 562 g/mol. The molecule has 0 bridgehead atoms. The number of benzene rings is 3. The third-order valence-corrected chi connectivity index (χ3v) is 7.34. The minimum absolute atomic E-state index is 0.0457. The van der Waals surface area contributed by atoms with E-state index < -0.39 is 17.1 Å². The Morgan fingerprint density at radius 2 is 1.63 bits per heavy atom. The van der Waals surface area contributed by atoms with Gasteiger partial charge in [0, 0.05) is 34.6 Å². The van der Waals surface area contributed by atoms with Gasteiger partial charge in [-0.1, -0.05) is 65.8 Å². The van der Waals surface area contributed by atoms with Gasteiger partial charge in [-0.3, -0.25) is 19.4 Å². The number of aryl methyl sites for hydroxylation is 1. The standard InChI is InChI=1S/C33H27N5O4S/c1-22-18-29(38-42-22)37-33(41)30(24-11-4-2-5-12-24)43-27-16-8-15-26(20-27)35-32(40)28(19-23-10-9-17-34-21-23)36-31(39)25-13-6-3-7-14-25/h2-21,30H,1H3,(H,35,40)(H,36,39)(H,37,38,41)/b28-19-. The second-order valence-electron chi connectivity index (χ2n) is 9.37. The molecule has 0 fully saturated rings. The van der Waals surface area contributed by atoms with Crippen LogP contribution in [0, 0.1) is 6.92 Å². The summed E-state index contributed by atoms with van der Waals surface area (Å²) >= 11 is 1.32. The van der Waals surface area contributed by atoms with Crippen molar-refractivity contribution in [2.75, 3.05) is 10.6 Å². The van der Waals surface area contributed by atoms with Gasteiger partial charge in [-0.2, -0.15) is 0 Å². The molecule has 0 radical (unpaired) electrons. The summed E-state index contributed by atoms with van der Waals surface area (Å²) in [6, 6.07) is 30.3. The highest BCUT2D eigenvalue weighted by atomic mass is 32.2. The van der Waals surface area contributed by atoms with Crippen LogP contribution in [0.3, 0.4) is 0 Å². The molecule has 0 saturated heterocycles. The van der Waals surface area contributed by atoms with E-state index in [0.717, 1.165) is 10.5 Å². The van der Waals surface area contributed by atoms with Crippen LogP contribution >= 0.6 is 11.8 Å². The predicted octanol–water partition coefficient (Wildman–Crippen LogP) is 6.26. The number of nitrogens with zero attached hydrogens (tertiary/aromatic N) is 2. The number of thioether (sulfide) groups is 1. The first-order chi connectivity index (χ1) is 20.9. The Morgan fingerprint density at radius 3 is 2.33 bits per heavy atom. The molecule has 43 heavy (non-hydrogen) atoms. The lowest BCUT2D eigenvalue weighted by atomic mass is 10.1. The number of carbonyl (C=O) groups is 3. The Balaban J connectivity index is 1.36. The third-order valence-electron chi connectivity index (χ3n) is 6.09. The molecule has 0 aliphatic rings. The van der Waals surface area contributed by atoms with Crippen LogP contribution in [0.25, 0.3) is 6.08 Å². The van der Waals surface area contributed by atoms with Crippen molar-refractivity contribution in [3.63, 3.8) is 0 Å². The highest BCUT2D eigenvalue weighted by Gasteiger charge is 2.23. The van der Waals surface area contributed by atoms with Gasteiger partial charge in [-0.15, -0.1) is 11.8 Å². The average Bonchev–Trinajstić information content (AvgIpc) is 3.45.